The van der Waals surface area contributed by atoms with Gasteiger partial charge in [0, 0.05) is 29.0 Å². The molecule has 5 nitrogen and oxygen atoms in total. The Hall–Kier alpha value is -2.79. The number of aryl methyl sites for hydroxylation is 2. The number of carbonyl (C=O) groups excluding carboxylic acids is 1. The van der Waals surface area contributed by atoms with Crippen LogP contribution in [0.4, 0.5) is 0 Å². The standard InChI is InChI=1S/C23H23ClO5/c1-3-10-27-22(25)9-6-17-12-19-15(2)11-23(26)29-21(19)13-20(17)28-14-16-4-7-18(24)8-5-16/h4-5,7-8,11-13H,3,6,9-10,14H2,1-2H3. The number of hydrogen-bond acceptors (Lipinski definition) is 5. The summed E-state index contributed by atoms with van der Waals surface area (Å²) in [4.78, 5) is 23.7. The summed E-state index contributed by atoms with van der Waals surface area (Å²) in [6, 6.07) is 12.5. The van der Waals surface area contributed by atoms with Gasteiger partial charge in [-0.05, 0) is 54.7 Å². The van der Waals surface area contributed by atoms with E-state index in [1.165, 1.54) is 6.07 Å². The van der Waals surface area contributed by atoms with Crippen LogP contribution in [-0.2, 0) is 22.6 Å². The molecule has 1 aromatic heterocycles. The Kier molecular flexibility index (Phi) is 6.94. The zero-order valence-corrected chi connectivity index (χ0v) is 17.3. The molecule has 0 amide bonds. The van der Waals surface area contributed by atoms with Crippen LogP contribution in [0.15, 0.2) is 51.7 Å². The van der Waals surface area contributed by atoms with E-state index in [1.807, 2.05) is 32.0 Å². The first kappa shape index (κ1) is 20.9. The summed E-state index contributed by atoms with van der Waals surface area (Å²) in [5.74, 6) is 0.330. The van der Waals surface area contributed by atoms with E-state index in [2.05, 4.69) is 0 Å². The molecule has 0 aliphatic heterocycles. The van der Waals surface area contributed by atoms with Gasteiger partial charge in [0.25, 0.3) is 0 Å². The molecule has 2 aromatic carbocycles. The first-order valence-corrected chi connectivity index (χ1v) is 9.94. The Morgan fingerprint density at radius 2 is 1.90 bits per heavy atom. The molecule has 6 heteroatoms. The maximum Gasteiger partial charge on any atom is 0.336 e. The minimum absolute atomic E-state index is 0.244. The van der Waals surface area contributed by atoms with E-state index in [-0.39, 0.29) is 12.4 Å². The van der Waals surface area contributed by atoms with Crippen LogP contribution in [0.2, 0.25) is 5.02 Å². The van der Waals surface area contributed by atoms with Crippen LogP contribution in [0.5, 0.6) is 5.75 Å². The van der Waals surface area contributed by atoms with Gasteiger partial charge in [0.1, 0.15) is 17.9 Å². The SMILES string of the molecule is CCCOC(=O)CCc1cc2c(C)cc(=O)oc2cc1OCc1ccc(Cl)cc1. The minimum Gasteiger partial charge on any atom is -0.488 e. The van der Waals surface area contributed by atoms with Gasteiger partial charge in [-0.1, -0.05) is 30.7 Å². The van der Waals surface area contributed by atoms with Crippen LogP contribution in [0.25, 0.3) is 11.0 Å². The third-order valence-electron chi connectivity index (χ3n) is 4.51. The van der Waals surface area contributed by atoms with Crippen LogP contribution in [0, 0.1) is 6.92 Å². The molecule has 0 atom stereocenters. The molecule has 0 aliphatic carbocycles. The smallest absolute Gasteiger partial charge is 0.336 e. The van der Waals surface area contributed by atoms with Crippen LogP contribution in [-0.4, -0.2) is 12.6 Å². The fourth-order valence-electron chi connectivity index (χ4n) is 2.99. The lowest BCUT2D eigenvalue weighted by Crippen LogP contribution is -2.08. The molecular weight excluding hydrogens is 392 g/mol. The number of hydrogen-bond donors (Lipinski definition) is 0. The largest absolute Gasteiger partial charge is 0.488 e. The second-order valence-corrected chi connectivity index (χ2v) is 7.28. The first-order chi connectivity index (χ1) is 14.0. The van der Waals surface area contributed by atoms with Crippen molar-refractivity contribution in [1.82, 2.24) is 0 Å². The van der Waals surface area contributed by atoms with E-state index in [0.29, 0.717) is 36.0 Å². The van der Waals surface area contributed by atoms with Crippen molar-refractivity contribution in [2.75, 3.05) is 6.61 Å². The molecular formula is C23H23ClO5. The van der Waals surface area contributed by atoms with Gasteiger partial charge in [-0.15, -0.1) is 0 Å². The van der Waals surface area contributed by atoms with Crippen molar-refractivity contribution >= 4 is 28.5 Å². The molecule has 0 radical (unpaired) electrons. The molecule has 0 N–H and O–H groups in total. The van der Waals surface area contributed by atoms with Gasteiger partial charge >= 0.3 is 11.6 Å². The third kappa shape index (κ3) is 5.61. The fourth-order valence-corrected chi connectivity index (χ4v) is 3.11. The van der Waals surface area contributed by atoms with E-state index in [0.717, 1.165) is 28.5 Å². The van der Waals surface area contributed by atoms with Crippen molar-refractivity contribution in [1.29, 1.82) is 0 Å². The van der Waals surface area contributed by atoms with Crippen molar-refractivity contribution in [2.45, 2.75) is 39.7 Å². The number of halogens is 1. The minimum atomic E-state index is -0.408. The van der Waals surface area contributed by atoms with E-state index in [9.17, 15) is 9.59 Å². The average molecular weight is 415 g/mol. The molecule has 0 saturated heterocycles. The molecule has 0 fully saturated rings. The summed E-state index contributed by atoms with van der Waals surface area (Å²) in [5, 5.41) is 1.48. The molecule has 3 aromatic rings. The molecule has 0 unspecified atom stereocenters. The van der Waals surface area contributed by atoms with Gasteiger partial charge in [0.05, 0.1) is 6.61 Å². The Balaban J connectivity index is 1.88. The van der Waals surface area contributed by atoms with E-state index >= 15 is 0 Å². The second-order valence-electron chi connectivity index (χ2n) is 6.84. The quantitative estimate of drug-likeness (QED) is 0.373. The summed E-state index contributed by atoms with van der Waals surface area (Å²) in [6.07, 6.45) is 1.50. The Bertz CT molecular complexity index is 1050. The molecule has 3 rings (SSSR count). The van der Waals surface area contributed by atoms with Gasteiger partial charge in [0.2, 0.25) is 0 Å². The lowest BCUT2D eigenvalue weighted by Gasteiger charge is -2.14. The van der Waals surface area contributed by atoms with Gasteiger partial charge in [-0.3, -0.25) is 4.79 Å². The number of esters is 1. The predicted octanol–water partition coefficient (Wildman–Crippen LogP) is 5.22. The number of carbonyl (C=O) groups is 1. The topological polar surface area (TPSA) is 65.7 Å². The molecule has 1 heterocycles. The lowest BCUT2D eigenvalue weighted by molar-refractivity contribution is -0.143. The highest BCUT2D eigenvalue weighted by atomic mass is 35.5. The Labute approximate surface area is 174 Å². The monoisotopic (exact) mass is 414 g/mol. The number of benzene rings is 2. The lowest BCUT2D eigenvalue weighted by atomic mass is 10.0. The van der Waals surface area contributed by atoms with Gasteiger partial charge in [-0.25, -0.2) is 4.79 Å². The molecule has 0 saturated carbocycles. The van der Waals surface area contributed by atoms with Gasteiger partial charge in [-0.2, -0.15) is 0 Å². The number of rotatable bonds is 8. The summed E-state index contributed by atoms with van der Waals surface area (Å²) < 4.78 is 16.5. The Morgan fingerprint density at radius 3 is 2.62 bits per heavy atom. The highest BCUT2D eigenvalue weighted by Gasteiger charge is 2.13. The van der Waals surface area contributed by atoms with Crippen molar-refractivity contribution in [3.05, 3.63) is 74.6 Å². The van der Waals surface area contributed by atoms with Crippen molar-refractivity contribution in [3.63, 3.8) is 0 Å². The maximum atomic E-state index is 11.9. The molecule has 29 heavy (non-hydrogen) atoms. The second kappa shape index (κ2) is 9.61. The Morgan fingerprint density at radius 1 is 1.14 bits per heavy atom. The number of fused-ring (bicyclic) bond motifs is 1. The normalized spacial score (nSPS) is 10.9. The van der Waals surface area contributed by atoms with Crippen LogP contribution >= 0.6 is 11.6 Å². The predicted molar refractivity (Wildman–Crippen MR) is 113 cm³/mol. The zero-order valence-electron chi connectivity index (χ0n) is 16.5. The van der Waals surface area contributed by atoms with Crippen LogP contribution in [0.3, 0.4) is 0 Å². The zero-order chi connectivity index (χ0) is 20.8. The molecule has 0 aliphatic rings. The van der Waals surface area contributed by atoms with Gasteiger partial charge in [0.15, 0.2) is 0 Å². The van der Waals surface area contributed by atoms with Crippen LogP contribution < -0.4 is 10.4 Å². The molecule has 0 bridgehead atoms. The molecule has 152 valence electrons. The highest BCUT2D eigenvalue weighted by Crippen LogP contribution is 2.29. The van der Waals surface area contributed by atoms with Crippen molar-refractivity contribution < 1.29 is 18.7 Å². The maximum absolute atomic E-state index is 11.9. The molecule has 0 spiro atoms. The van der Waals surface area contributed by atoms with Crippen LogP contribution in [0.1, 0.15) is 36.5 Å². The van der Waals surface area contributed by atoms with E-state index in [1.54, 1.807) is 18.2 Å². The summed E-state index contributed by atoms with van der Waals surface area (Å²) in [5.41, 5.74) is 2.67. The van der Waals surface area contributed by atoms with Gasteiger partial charge < -0.3 is 13.9 Å². The van der Waals surface area contributed by atoms with E-state index < -0.39 is 5.63 Å². The third-order valence-corrected chi connectivity index (χ3v) is 4.76. The first-order valence-electron chi connectivity index (χ1n) is 9.56. The summed E-state index contributed by atoms with van der Waals surface area (Å²) >= 11 is 5.93. The summed E-state index contributed by atoms with van der Waals surface area (Å²) in [6.45, 7) is 4.55. The summed E-state index contributed by atoms with van der Waals surface area (Å²) in [7, 11) is 0. The highest BCUT2D eigenvalue weighted by molar-refractivity contribution is 6.30. The fraction of sp³-hybridized carbons (Fsp3) is 0.304. The van der Waals surface area contributed by atoms with E-state index in [4.69, 9.17) is 25.5 Å². The average Bonchev–Trinajstić information content (AvgIpc) is 2.70. The van der Waals surface area contributed by atoms with Crippen molar-refractivity contribution in [3.8, 4) is 5.75 Å². The van der Waals surface area contributed by atoms with Crippen molar-refractivity contribution in [2.24, 2.45) is 0 Å². The number of ether oxygens (including phenoxy) is 2.